The number of hydrogen-bond donors (Lipinski definition) is 3. The number of benzene rings is 1. The van der Waals surface area contributed by atoms with Gasteiger partial charge in [-0.1, -0.05) is 25.1 Å². The Kier molecular flexibility index (Phi) is 6.76. The number of aromatic hydroxyl groups is 1. The summed E-state index contributed by atoms with van der Waals surface area (Å²) in [6.07, 6.45) is 6.89. The molecule has 128 valence electrons. The van der Waals surface area contributed by atoms with Gasteiger partial charge in [-0.25, -0.2) is 0 Å². The number of carbonyl (C=O) groups excluding carboxylic acids is 1. The monoisotopic (exact) mass is 324 g/mol. The van der Waals surface area contributed by atoms with Crippen molar-refractivity contribution in [3.8, 4) is 11.5 Å². The maximum atomic E-state index is 11.9. The third-order valence-corrected chi connectivity index (χ3v) is 3.40. The molecule has 1 atom stereocenters. The number of phenols is 1. The van der Waals surface area contributed by atoms with E-state index in [0.29, 0.717) is 12.0 Å². The molecule has 1 aromatic rings. The first-order valence-corrected chi connectivity index (χ1v) is 7.76. The van der Waals surface area contributed by atoms with Gasteiger partial charge in [0.05, 0.1) is 11.2 Å². The first-order chi connectivity index (χ1) is 12.2. The zero-order valence-electron chi connectivity index (χ0n) is 16.4. The van der Waals surface area contributed by atoms with Gasteiger partial charge in [-0.05, 0) is 42.9 Å². The number of hydrogen-bond acceptors (Lipinski definition) is 4. The van der Waals surface area contributed by atoms with Crippen LogP contribution in [0, 0.1) is 5.92 Å². The van der Waals surface area contributed by atoms with E-state index in [0.717, 1.165) is 19.3 Å². The number of aliphatic hydroxyl groups is 1. The van der Waals surface area contributed by atoms with E-state index >= 15 is 0 Å². The van der Waals surface area contributed by atoms with Crippen molar-refractivity contribution in [3.63, 3.8) is 0 Å². The van der Waals surface area contributed by atoms with E-state index < -0.39 is 7.04 Å². The van der Waals surface area contributed by atoms with Gasteiger partial charge in [0.1, 0.15) is 0 Å². The zero-order valence-corrected chi connectivity index (χ0v) is 13.4. The largest absolute Gasteiger partial charge is 0.504 e. The van der Waals surface area contributed by atoms with Gasteiger partial charge in [-0.3, -0.25) is 4.79 Å². The number of nitrogens with one attached hydrogen (secondary N) is 1. The number of unbranched alkanes of at least 4 members (excludes halogenated alkanes) is 2. The average Bonchev–Trinajstić information content (AvgIpc) is 2.57. The third kappa shape index (κ3) is 7.70. The molecule has 1 rings (SSSR count). The second-order valence-corrected chi connectivity index (χ2v) is 5.51. The molecule has 3 N–H and O–H groups in total. The van der Waals surface area contributed by atoms with Crippen molar-refractivity contribution in [1.29, 1.82) is 0 Å². The van der Waals surface area contributed by atoms with Crippen LogP contribution in [0.15, 0.2) is 30.4 Å². The van der Waals surface area contributed by atoms with E-state index in [1.54, 1.807) is 6.07 Å². The number of rotatable bonds is 10. The molecule has 23 heavy (non-hydrogen) atoms. The molecule has 0 bridgehead atoms. The Balaban J connectivity index is 2.34. The molecule has 5 nitrogen and oxygen atoms in total. The summed E-state index contributed by atoms with van der Waals surface area (Å²) >= 11 is 0. The highest BCUT2D eigenvalue weighted by atomic mass is 16.5. The summed E-state index contributed by atoms with van der Waals surface area (Å²) in [5.74, 6) is -0.340. The number of carbonyl (C=O) groups is 1. The van der Waals surface area contributed by atoms with E-state index in [1.165, 1.54) is 12.1 Å². The predicted molar refractivity (Wildman–Crippen MR) is 90.4 cm³/mol. The molecular weight excluding hydrogens is 294 g/mol. The molecule has 0 fully saturated rings. The van der Waals surface area contributed by atoms with Gasteiger partial charge in [-0.15, -0.1) is 0 Å². The molecule has 0 radical (unpaired) electrons. The molecule has 0 aliphatic heterocycles. The number of allylic oxidation sites excluding steroid dienone is 1. The Morgan fingerprint density at radius 1 is 1.48 bits per heavy atom. The molecule has 1 unspecified atom stereocenters. The van der Waals surface area contributed by atoms with Crippen LogP contribution >= 0.6 is 0 Å². The quantitative estimate of drug-likeness (QED) is 0.457. The maximum Gasteiger partial charge on any atom is 0.220 e. The SMILES string of the molecule is [2H]C([2H])([2H])Oc1cc(CNC(=O)CCCC/C=C/C(C)CO)ccc1O. The number of methoxy groups -OCH3 is 1. The Morgan fingerprint density at radius 2 is 2.30 bits per heavy atom. The predicted octanol–water partition coefficient (Wildman–Crippen LogP) is 2.76. The lowest BCUT2D eigenvalue weighted by Gasteiger charge is -2.08. The minimum absolute atomic E-state index is 0.0935. The van der Waals surface area contributed by atoms with Gasteiger partial charge in [-0.2, -0.15) is 0 Å². The molecule has 0 aliphatic carbocycles. The normalized spacial score (nSPS) is 14.8. The molecule has 1 aromatic carbocycles. The fourth-order valence-corrected chi connectivity index (χ4v) is 1.98. The average molecular weight is 324 g/mol. The van der Waals surface area contributed by atoms with Crippen LogP contribution in [0.5, 0.6) is 11.5 Å². The van der Waals surface area contributed by atoms with Gasteiger partial charge in [0, 0.05) is 19.6 Å². The van der Waals surface area contributed by atoms with Crippen LogP contribution in [0.25, 0.3) is 0 Å². The van der Waals surface area contributed by atoms with Gasteiger partial charge in [0.25, 0.3) is 0 Å². The third-order valence-electron chi connectivity index (χ3n) is 3.40. The van der Waals surface area contributed by atoms with Gasteiger partial charge < -0.3 is 20.3 Å². The first-order valence-electron chi connectivity index (χ1n) is 9.26. The second-order valence-electron chi connectivity index (χ2n) is 5.51. The topological polar surface area (TPSA) is 78.8 Å². The van der Waals surface area contributed by atoms with Crippen molar-refractivity contribution >= 4 is 5.91 Å². The summed E-state index contributed by atoms with van der Waals surface area (Å²) in [4.78, 5) is 11.9. The summed E-state index contributed by atoms with van der Waals surface area (Å²) in [5.41, 5.74) is 0.635. The Labute approximate surface area is 142 Å². The second kappa shape index (κ2) is 10.7. The van der Waals surface area contributed by atoms with Gasteiger partial charge in [0.15, 0.2) is 11.5 Å². The van der Waals surface area contributed by atoms with E-state index in [4.69, 9.17) is 14.0 Å². The van der Waals surface area contributed by atoms with Crippen LogP contribution in [-0.2, 0) is 11.3 Å². The van der Waals surface area contributed by atoms with Crippen LogP contribution < -0.4 is 10.1 Å². The molecule has 0 heterocycles. The lowest BCUT2D eigenvalue weighted by atomic mass is 10.1. The van der Waals surface area contributed by atoms with Crippen LogP contribution in [0.3, 0.4) is 0 Å². The van der Waals surface area contributed by atoms with Crippen molar-refractivity contribution in [1.82, 2.24) is 5.32 Å². The number of ether oxygens (including phenoxy) is 1. The highest BCUT2D eigenvalue weighted by molar-refractivity contribution is 5.75. The van der Waals surface area contributed by atoms with Gasteiger partial charge in [0.2, 0.25) is 5.91 Å². The molecule has 0 spiro atoms. The van der Waals surface area contributed by atoms with Crippen molar-refractivity contribution in [2.75, 3.05) is 13.6 Å². The summed E-state index contributed by atoms with van der Waals surface area (Å²) < 4.78 is 26.0. The standard InChI is InChI=1S/C18H27NO4/c1-14(13-20)7-5-3-4-6-8-18(22)19-12-15-9-10-16(21)17(11-15)23-2/h5,7,9-11,14,20-21H,3-4,6,8,12-13H2,1-2H3,(H,19,22)/b7-5+/i2D3. The molecule has 0 aliphatic rings. The van der Waals surface area contributed by atoms with Crippen molar-refractivity contribution in [3.05, 3.63) is 35.9 Å². The van der Waals surface area contributed by atoms with E-state index in [1.807, 2.05) is 19.1 Å². The summed E-state index contributed by atoms with van der Waals surface area (Å²) in [6.45, 7) is 2.29. The fraction of sp³-hybridized carbons (Fsp3) is 0.500. The molecule has 1 amide bonds. The maximum absolute atomic E-state index is 11.9. The number of aliphatic hydroxyl groups excluding tert-OH is 1. The van der Waals surface area contributed by atoms with Crippen LogP contribution in [0.2, 0.25) is 0 Å². The minimum Gasteiger partial charge on any atom is -0.504 e. The lowest BCUT2D eigenvalue weighted by Crippen LogP contribution is -2.22. The number of amides is 1. The summed E-state index contributed by atoms with van der Waals surface area (Å²) in [5, 5.41) is 21.3. The molecule has 0 aromatic heterocycles. The van der Waals surface area contributed by atoms with E-state index in [-0.39, 0.29) is 36.5 Å². The van der Waals surface area contributed by atoms with Crippen LogP contribution in [0.4, 0.5) is 0 Å². The molecule has 5 heteroatoms. The summed E-state index contributed by atoms with van der Waals surface area (Å²) in [6, 6.07) is 4.33. The Hall–Kier alpha value is -2.01. The highest BCUT2D eigenvalue weighted by Crippen LogP contribution is 2.26. The minimum atomic E-state index is -2.65. The number of phenolic OH excluding ortho intramolecular Hbond substituents is 1. The summed E-state index contributed by atoms with van der Waals surface area (Å²) in [7, 11) is -2.65. The fourth-order valence-electron chi connectivity index (χ4n) is 1.98. The first kappa shape index (κ1) is 14.6. The van der Waals surface area contributed by atoms with Crippen LogP contribution in [0.1, 0.15) is 42.3 Å². The van der Waals surface area contributed by atoms with Crippen molar-refractivity contribution in [2.45, 2.75) is 39.2 Å². The zero-order chi connectivity index (χ0) is 19.6. The Morgan fingerprint density at radius 3 is 3.04 bits per heavy atom. The van der Waals surface area contributed by atoms with E-state index in [9.17, 15) is 9.90 Å². The van der Waals surface area contributed by atoms with Gasteiger partial charge >= 0.3 is 0 Å². The lowest BCUT2D eigenvalue weighted by molar-refractivity contribution is -0.121. The smallest absolute Gasteiger partial charge is 0.220 e. The van der Waals surface area contributed by atoms with Crippen LogP contribution in [-0.4, -0.2) is 29.8 Å². The van der Waals surface area contributed by atoms with E-state index in [2.05, 4.69) is 5.32 Å². The molecular formula is C18H27NO4. The van der Waals surface area contributed by atoms with Crippen molar-refractivity contribution < 1.29 is 23.9 Å². The molecule has 0 saturated carbocycles. The van der Waals surface area contributed by atoms with Crippen molar-refractivity contribution in [2.24, 2.45) is 5.92 Å². The highest BCUT2D eigenvalue weighted by Gasteiger charge is 2.05. The Bertz CT molecular complexity index is 603. The molecule has 0 saturated heterocycles.